The van der Waals surface area contributed by atoms with Crippen molar-refractivity contribution in [2.24, 2.45) is 5.92 Å². The van der Waals surface area contributed by atoms with Crippen molar-refractivity contribution in [1.29, 1.82) is 0 Å². The minimum atomic E-state index is -5.55. The fourth-order valence-electron chi connectivity index (χ4n) is 6.33. The molecule has 0 spiro atoms. The van der Waals surface area contributed by atoms with Gasteiger partial charge in [0.2, 0.25) is 0 Å². The van der Waals surface area contributed by atoms with Gasteiger partial charge in [0.1, 0.15) is 41.4 Å². The van der Waals surface area contributed by atoms with Gasteiger partial charge in [0.15, 0.2) is 5.82 Å². The van der Waals surface area contributed by atoms with Crippen molar-refractivity contribution >= 4 is 35.4 Å². The summed E-state index contributed by atoms with van der Waals surface area (Å²) in [6.07, 6.45) is -6.17. The first kappa shape index (κ1) is 44.1. The standard InChI is InChI=1S/C40H53F4N3O9/c1-37(2,3)54-31(48)23-46(34(49)40(42,43)44)33-30(53-24-26-13-11-10-12-14-26)20-29-28(32(33)41)19-27(47(29)36(51)56-39(7,8)9)22-45(35(50)55-38(4,5)6)21-25-15-17-52-18-16-25/h10-14,20,25,27H,15-19,21-24H2,1-9H3/t27-/m1/s1. The monoisotopic (exact) mass is 795 g/mol. The van der Waals surface area contributed by atoms with E-state index in [9.17, 15) is 32.3 Å². The van der Waals surface area contributed by atoms with E-state index in [0.717, 1.165) is 11.0 Å². The van der Waals surface area contributed by atoms with Crippen molar-refractivity contribution in [1.82, 2.24) is 4.90 Å². The van der Waals surface area contributed by atoms with E-state index in [1.165, 1.54) is 25.7 Å². The van der Waals surface area contributed by atoms with Gasteiger partial charge in [-0.05, 0) is 86.6 Å². The number of ether oxygens (including phenoxy) is 5. The molecule has 0 radical (unpaired) electrons. The van der Waals surface area contributed by atoms with Crippen LogP contribution in [0.2, 0.25) is 0 Å². The second-order valence-electron chi connectivity index (χ2n) is 16.9. The highest BCUT2D eigenvalue weighted by molar-refractivity contribution is 6.03. The van der Waals surface area contributed by atoms with Crippen LogP contribution in [0.4, 0.5) is 38.5 Å². The van der Waals surface area contributed by atoms with Gasteiger partial charge in [-0.25, -0.2) is 14.0 Å². The highest BCUT2D eigenvalue weighted by Crippen LogP contribution is 2.46. The maximum atomic E-state index is 17.3. The van der Waals surface area contributed by atoms with Gasteiger partial charge in [0, 0.05) is 44.4 Å². The molecule has 56 heavy (non-hydrogen) atoms. The highest BCUT2D eigenvalue weighted by atomic mass is 19.4. The maximum Gasteiger partial charge on any atom is 0.471 e. The lowest BCUT2D eigenvalue weighted by Crippen LogP contribution is -2.50. The number of esters is 1. The molecular formula is C40H53F4N3O9. The van der Waals surface area contributed by atoms with Gasteiger partial charge in [-0.2, -0.15) is 13.2 Å². The number of anilines is 2. The van der Waals surface area contributed by atoms with E-state index in [1.807, 2.05) is 0 Å². The Balaban J connectivity index is 1.90. The summed E-state index contributed by atoms with van der Waals surface area (Å²) in [4.78, 5) is 56.4. The number of nitrogens with zero attached hydrogens (tertiary/aromatic N) is 3. The predicted molar refractivity (Wildman–Crippen MR) is 199 cm³/mol. The van der Waals surface area contributed by atoms with E-state index in [-0.39, 0.29) is 48.2 Å². The Hall–Kier alpha value is -4.60. The van der Waals surface area contributed by atoms with Crippen LogP contribution in [0.25, 0.3) is 0 Å². The molecule has 2 aromatic rings. The highest BCUT2D eigenvalue weighted by Gasteiger charge is 2.48. The molecule has 2 aliphatic rings. The third-order valence-corrected chi connectivity index (χ3v) is 8.54. The largest absolute Gasteiger partial charge is 0.487 e. The van der Waals surface area contributed by atoms with E-state index in [4.69, 9.17) is 23.7 Å². The molecule has 4 rings (SSSR count). The Bertz CT molecular complexity index is 1730. The summed E-state index contributed by atoms with van der Waals surface area (Å²) in [6.45, 7) is 13.9. The molecule has 2 heterocycles. The Kier molecular flexibility index (Phi) is 13.6. The summed E-state index contributed by atoms with van der Waals surface area (Å²) in [6, 6.07) is 8.58. The number of fused-ring (bicyclic) bond motifs is 1. The molecule has 3 amide bonds. The van der Waals surface area contributed by atoms with Crippen LogP contribution in [0.1, 0.15) is 86.3 Å². The van der Waals surface area contributed by atoms with Gasteiger partial charge >= 0.3 is 30.2 Å². The average Bonchev–Trinajstić information content (AvgIpc) is 3.42. The first-order valence-corrected chi connectivity index (χ1v) is 18.5. The van der Waals surface area contributed by atoms with Crippen LogP contribution in [0, 0.1) is 11.7 Å². The molecule has 0 saturated carbocycles. The number of alkyl halides is 3. The first-order valence-electron chi connectivity index (χ1n) is 18.5. The number of hydrogen-bond acceptors (Lipinski definition) is 9. The van der Waals surface area contributed by atoms with Crippen LogP contribution in [-0.2, 0) is 41.6 Å². The first-order chi connectivity index (χ1) is 25.8. The number of benzene rings is 2. The van der Waals surface area contributed by atoms with Crippen LogP contribution in [0.15, 0.2) is 36.4 Å². The summed E-state index contributed by atoms with van der Waals surface area (Å²) in [5.41, 5.74) is -3.87. The van der Waals surface area contributed by atoms with Crippen molar-refractivity contribution in [2.75, 3.05) is 42.6 Å². The van der Waals surface area contributed by atoms with E-state index in [2.05, 4.69) is 0 Å². The molecule has 310 valence electrons. The minimum Gasteiger partial charge on any atom is -0.487 e. The van der Waals surface area contributed by atoms with Gasteiger partial charge in [0.05, 0.1) is 11.7 Å². The zero-order valence-corrected chi connectivity index (χ0v) is 33.5. The van der Waals surface area contributed by atoms with Crippen LogP contribution in [0.5, 0.6) is 5.75 Å². The second kappa shape index (κ2) is 17.3. The summed E-state index contributed by atoms with van der Waals surface area (Å²) < 4.78 is 88.2. The van der Waals surface area contributed by atoms with Crippen molar-refractivity contribution in [2.45, 2.75) is 117 Å². The molecule has 16 heteroatoms. The molecule has 0 N–H and O–H groups in total. The number of carbonyl (C=O) groups excluding carboxylic acids is 4. The summed E-state index contributed by atoms with van der Waals surface area (Å²) >= 11 is 0. The average molecular weight is 796 g/mol. The smallest absolute Gasteiger partial charge is 0.471 e. The lowest BCUT2D eigenvalue weighted by molar-refractivity contribution is -0.171. The number of hydrogen-bond donors (Lipinski definition) is 0. The summed E-state index contributed by atoms with van der Waals surface area (Å²) in [5.74, 6) is -5.66. The van der Waals surface area contributed by atoms with Crippen molar-refractivity contribution in [3.63, 3.8) is 0 Å². The molecule has 0 aromatic heterocycles. The Morgan fingerprint density at radius 2 is 1.43 bits per heavy atom. The molecule has 0 unspecified atom stereocenters. The van der Waals surface area contributed by atoms with Crippen molar-refractivity contribution < 1.29 is 60.4 Å². The molecule has 2 aromatic carbocycles. The minimum absolute atomic E-state index is 0.0196. The summed E-state index contributed by atoms with van der Waals surface area (Å²) in [7, 11) is 0. The summed E-state index contributed by atoms with van der Waals surface area (Å²) in [5, 5.41) is 0. The third-order valence-electron chi connectivity index (χ3n) is 8.54. The normalized spacial score (nSPS) is 16.5. The predicted octanol–water partition coefficient (Wildman–Crippen LogP) is 7.97. The van der Waals surface area contributed by atoms with Crippen LogP contribution in [-0.4, -0.2) is 90.8 Å². The van der Waals surface area contributed by atoms with Crippen LogP contribution < -0.4 is 14.5 Å². The number of rotatable bonds is 10. The van der Waals surface area contributed by atoms with Gasteiger partial charge in [-0.1, -0.05) is 30.3 Å². The van der Waals surface area contributed by atoms with Crippen LogP contribution in [0.3, 0.4) is 0 Å². The topological polar surface area (TPSA) is 124 Å². The zero-order chi connectivity index (χ0) is 41.8. The van der Waals surface area contributed by atoms with E-state index >= 15 is 4.39 Å². The quantitative estimate of drug-likeness (QED) is 0.134. The molecule has 2 aliphatic heterocycles. The second-order valence-corrected chi connectivity index (χ2v) is 16.9. The fourth-order valence-corrected chi connectivity index (χ4v) is 6.33. The molecule has 1 fully saturated rings. The molecule has 1 saturated heterocycles. The third kappa shape index (κ3) is 12.2. The number of halogens is 4. The molecule has 0 bridgehead atoms. The van der Waals surface area contributed by atoms with Gasteiger partial charge < -0.3 is 28.6 Å². The van der Waals surface area contributed by atoms with Crippen molar-refractivity contribution in [3.05, 3.63) is 53.3 Å². The van der Waals surface area contributed by atoms with Gasteiger partial charge in [0.25, 0.3) is 0 Å². The van der Waals surface area contributed by atoms with E-state index in [1.54, 1.807) is 71.9 Å². The van der Waals surface area contributed by atoms with Crippen molar-refractivity contribution in [3.8, 4) is 5.75 Å². The fraction of sp³-hybridized carbons (Fsp3) is 0.600. The van der Waals surface area contributed by atoms with Gasteiger partial charge in [-0.15, -0.1) is 0 Å². The van der Waals surface area contributed by atoms with Gasteiger partial charge in [-0.3, -0.25) is 19.4 Å². The molecule has 1 atom stereocenters. The lowest BCUT2D eigenvalue weighted by Gasteiger charge is -2.35. The Morgan fingerprint density at radius 3 is 1.98 bits per heavy atom. The SMILES string of the molecule is CC(C)(C)OC(=O)CN(C(=O)C(F)(F)F)c1c(OCc2ccccc2)cc2c(c1F)C[C@H](CN(CC1CCOCC1)C(=O)OC(C)(C)C)N2C(=O)OC(C)(C)C. The van der Waals surface area contributed by atoms with E-state index < -0.39 is 76.9 Å². The number of carbonyl (C=O) groups is 4. The number of amides is 3. The Morgan fingerprint density at radius 1 is 0.839 bits per heavy atom. The maximum absolute atomic E-state index is 17.3. The Labute approximate surface area is 325 Å². The zero-order valence-electron chi connectivity index (χ0n) is 33.5. The van der Waals surface area contributed by atoms with E-state index in [0.29, 0.717) is 31.6 Å². The molecule has 0 aliphatic carbocycles. The molecule has 12 nitrogen and oxygen atoms in total. The molecular weight excluding hydrogens is 742 g/mol. The lowest BCUT2D eigenvalue weighted by atomic mass is 9.99. The van der Waals surface area contributed by atoms with Crippen LogP contribution >= 0.6 is 0 Å².